The maximum absolute atomic E-state index is 11.9. The van der Waals surface area contributed by atoms with Gasteiger partial charge in [-0.3, -0.25) is 9.59 Å². The van der Waals surface area contributed by atoms with Gasteiger partial charge in [0.25, 0.3) is 5.91 Å². The second kappa shape index (κ2) is 6.90. The van der Waals surface area contributed by atoms with Gasteiger partial charge in [-0.2, -0.15) is 0 Å². The van der Waals surface area contributed by atoms with Gasteiger partial charge in [0.05, 0.1) is 0 Å². The first-order valence-electron chi connectivity index (χ1n) is 5.67. The quantitative estimate of drug-likeness (QED) is 0.557. The van der Waals surface area contributed by atoms with Crippen molar-refractivity contribution in [2.45, 2.75) is 18.9 Å². The molecule has 1 rings (SSSR count). The van der Waals surface area contributed by atoms with E-state index in [4.69, 9.17) is 16.6 Å². The lowest BCUT2D eigenvalue weighted by Gasteiger charge is -2.14. The summed E-state index contributed by atoms with van der Waals surface area (Å²) in [6.45, 7) is 0. The van der Waals surface area contributed by atoms with E-state index in [0.717, 1.165) is 0 Å². The van der Waals surface area contributed by atoms with Crippen molar-refractivity contribution in [3.05, 3.63) is 28.2 Å². The summed E-state index contributed by atoms with van der Waals surface area (Å²) in [4.78, 5) is 33.6. The predicted octanol–water partition coefficient (Wildman–Crippen LogP) is 0.480. The summed E-state index contributed by atoms with van der Waals surface area (Å²) in [6, 6.07) is 3.36. The van der Waals surface area contributed by atoms with Crippen LogP contribution in [0.25, 0.3) is 0 Å². The molecule has 0 fully saturated rings. The van der Waals surface area contributed by atoms with Crippen LogP contribution < -0.4 is 16.8 Å². The highest BCUT2D eigenvalue weighted by Gasteiger charge is 2.21. The zero-order chi connectivity index (χ0) is 15.3. The van der Waals surface area contributed by atoms with Crippen LogP contribution in [0.15, 0.2) is 22.7 Å². The van der Waals surface area contributed by atoms with Gasteiger partial charge in [0.15, 0.2) is 0 Å². The number of carboxylic acids is 1. The number of carbonyl (C=O) groups is 3. The minimum Gasteiger partial charge on any atom is -0.480 e. The molecule has 0 heterocycles. The minimum absolute atomic E-state index is 0.0696. The Labute approximate surface area is 123 Å². The number of amides is 2. The summed E-state index contributed by atoms with van der Waals surface area (Å²) >= 11 is 3.19. The predicted molar refractivity (Wildman–Crippen MR) is 75.9 cm³/mol. The van der Waals surface area contributed by atoms with E-state index in [1.54, 1.807) is 6.07 Å². The van der Waals surface area contributed by atoms with Crippen LogP contribution in [-0.4, -0.2) is 28.9 Å². The van der Waals surface area contributed by atoms with Crippen LogP contribution in [0, 0.1) is 0 Å². The summed E-state index contributed by atoms with van der Waals surface area (Å²) < 4.78 is 0.603. The second-order valence-corrected chi connectivity index (χ2v) is 5.06. The Kier molecular flexibility index (Phi) is 5.51. The molecule has 8 heteroatoms. The molecular weight excluding hydrogens is 330 g/mol. The first kappa shape index (κ1) is 16.0. The number of hydrogen-bond donors (Lipinski definition) is 4. The molecule has 0 spiro atoms. The summed E-state index contributed by atoms with van der Waals surface area (Å²) in [5.74, 6) is -2.45. The normalized spacial score (nSPS) is 11.7. The third-order valence-corrected chi connectivity index (χ3v) is 2.92. The van der Waals surface area contributed by atoms with Crippen molar-refractivity contribution in [2.24, 2.45) is 5.73 Å². The number of nitrogens with two attached hydrogens (primary N) is 2. The van der Waals surface area contributed by atoms with E-state index in [9.17, 15) is 14.4 Å². The number of hydrogen-bond acceptors (Lipinski definition) is 4. The Bertz CT molecular complexity index is 527. The second-order valence-electron chi connectivity index (χ2n) is 4.14. The van der Waals surface area contributed by atoms with Crippen LogP contribution in [-0.2, 0) is 9.59 Å². The molecule has 0 aliphatic heterocycles. The van der Waals surface area contributed by atoms with Crippen molar-refractivity contribution in [1.82, 2.24) is 5.32 Å². The summed E-state index contributed by atoms with van der Waals surface area (Å²) in [5.41, 5.74) is 11.1. The molecule has 7 nitrogen and oxygen atoms in total. The van der Waals surface area contributed by atoms with E-state index < -0.39 is 23.8 Å². The Balaban J connectivity index is 2.79. The van der Waals surface area contributed by atoms with Crippen LogP contribution in [0.4, 0.5) is 5.69 Å². The Hall–Kier alpha value is -2.09. The Morgan fingerprint density at radius 2 is 1.95 bits per heavy atom. The number of nitrogen functional groups attached to an aromatic ring is 1. The largest absolute Gasteiger partial charge is 0.480 e. The van der Waals surface area contributed by atoms with Crippen LogP contribution in [0.1, 0.15) is 23.2 Å². The van der Waals surface area contributed by atoms with E-state index in [2.05, 4.69) is 21.2 Å². The molecule has 0 bridgehead atoms. The molecule has 0 unspecified atom stereocenters. The number of carbonyl (C=O) groups excluding carboxylic acids is 2. The molecule has 0 aliphatic carbocycles. The fourth-order valence-electron chi connectivity index (χ4n) is 1.53. The summed E-state index contributed by atoms with van der Waals surface area (Å²) in [7, 11) is 0. The number of nitrogens with one attached hydrogen (secondary N) is 1. The molecule has 1 atom stereocenters. The maximum atomic E-state index is 11.9. The minimum atomic E-state index is -1.23. The third-order valence-electron chi connectivity index (χ3n) is 2.47. The smallest absolute Gasteiger partial charge is 0.326 e. The SMILES string of the molecule is NC(=O)CC[C@@H](NC(=O)c1cc(N)cc(Br)c1)C(=O)O. The zero-order valence-corrected chi connectivity index (χ0v) is 12.0. The van der Waals surface area contributed by atoms with Crippen molar-refractivity contribution in [3.8, 4) is 0 Å². The lowest BCUT2D eigenvalue weighted by Crippen LogP contribution is -2.41. The Morgan fingerprint density at radius 3 is 2.45 bits per heavy atom. The number of benzene rings is 1. The monoisotopic (exact) mass is 343 g/mol. The first-order chi connectivity index (χ1) is 9.29. The van der Waals surface area contributed by atoms with E-state index >= 15 is 0 Å². The van der Waals surface area contributed by atoms with Gasteiger partial charge >= 0.3 is 5.97 Å². The number of aliphatic carboxylic acids is 1. The number of rotatable bonds is 6. The highest BCUT2D eigenvalue weighted by molar-refractivity contribution is 9.10. The fraction of sp³-hybridized carbons (Fsp3) is 0.250. The van der Waals surface area contributed by atoms with Crippen LogP contribution >= 0.6 is 15.9 Å². The fourth-order valence-corrected chi connectivity index (χ4v) is 2.04. The molecule has 2 amide bonds. The zero-order valence-electron chi connectivity index (χ0n) is 10.4. The van der Waals surface area contributed by atoms with Gasteiger partial charge in [-0.15, -0.1) is 0 Å². The molecule has 6 N–H and O–H groups in total. The summed E-state index contributed by atoms with van der Waals surface area (Å²) in [6.07, 6.45) is -0.197. The van der Waals surface area contributed by atoms with Crippen LogP contribution in [0.3, 0.4) is 0 Å². The van der Waals surface area contributed by atoms with Crippen molar-refractivity contribution in [3.63, 3.8) is 0 Å². The molecule has 1 aromatic carbocycles. The summed E-state index contributed by atoms with van der Waals surface area (Å²) in [5, 5.41) is 11.3. The van der Waals surface area contributed by atoms with Crippen molar-refractivity contribution < 1.29 is 19.5 Å². The van der Waals surface area contributed by atoms with Gasteiger partial charge in [0, 0.05) is 22.1 Å². The van der Waals surface area contributed by atoms with Crippen molar-refractivity contribution in [1.29, 1.82) is 0 Å². The number of carboxylic acid groups (broad SMARTS) is 1. The molecular formula is C12H14BrN3O4. The molecule has 20 heavy (non-hydrogen) atoms. The van der Waals surface area contributed by atoms with Crippen LogP contribution in [0.2, 0.25) is 0 Å². The molecule has 0 saturated carbocycles. The maximum Gasteiger partial charge on any atom is 0.326 e. The molecule has 108 valence electrons. The van der Waals surface area contributed by atoms with Gasteiger partial charge in [-0.05, 0) is 24.6 Å². The highest BCUT2D eigenvalue weighted by atomic mass is 79.9. The first-order valence-corrected chi connectivity index (χ1v) is 6.47. The van der Waals surface area contributed by atoms with Gasteiger partial charge in [0.2, 0.25) is 5.91 Å². The molecule has 0 aliphatic rings. The number of primary amides is 1. The molecule has 0 aromatic heterocycles. The molecule has 0 radical (unpaired) electrons. The van der Waals surface area contributed by atoms with Crippen molar-refractivity contribution in [2.75, 3.05) is 5.73 Å². The van der Waals surface area contributed by atoms with Gasteiger partial charge in [0.1, 0.15) is 6.04 Å². The topological polar surface area (TPSA) is 136 Å². The van der Waals surface area contributed by atoms with Crippen molar-refractivity contribution >= 4 is 39.4 Å². The lowest BCUT2D eigenvalue weighted by molar-refractivity contribution is -0.139. The standard InChI is InChI=1S/C12H14BrN3O4/c13-7-3-6(4-8(14)5-7)11(18)16-9(12(19)20)1-2-10(15)17/h3-5,9H,1-2,14H2,(H2,15,17)(H,16,18)(H,19,20)/t9-/m1/s1. The van der Waals surface area contributed by atoms with Crippen LogP contribution in [0.5, 0.6) is 0 Å². The highest BCUT2D eigenvalue weighted by Crippen LogP contribution is 2.17. The van der Waals surface area contributed by atoms with Gasteiger partial charge in [-0.1, -0.05) is 15.9 Å². The average Bonchev–Trinajstić information content (AvgIpc) is 2.32. The van der Waals surface area contributed by atoms with E-state index in [1.165, 1.54) is 12.1 Å². The van der Waals surface area contributed by atoms with Gasteiger partial charge in [-0.25, -0.2) is 4.79 Å². The van der Waals surface area contributed by atoms with E-state index in [-0.39, 0.29) is 18.4 Å². The lowest BCUT2D eigenvalue weighted by atomic mass is 10.1. The Morgan fingerprint density at radius 1 is 1.30 bits per heavy atom. The molecule has 1 aromatic rings. The van der Waals surface area contributed by atoms with Gasteiger partial charge < -0.3 is 21.9 Å². The van der Waals surface area contributed by atoms with E-state index in [0.29, 0.717) is 10.2 Å². The third kappa shape index (κ3) is 4.88. The molecule has 0 saturated heterocycles. The average molecular weight is 344 g/mol. The number of anilines is 1. The number of halogens is 1. The van der Waals surface area contributed by atoms with E-state index in [1.807, 2.05) is 0 Å².